The lowest BCUT2D eigenvalue weighted by atomic mass is 10.2. The summed E-state index contributed by atoms with van der Waals surface area (Å²) < 4.78 is 5.51. The first-order chi connectivity index (χ1) is 10.3. The molecule has 0 aromatic heterocycles. The minimum Gasteiger partial charge on any atom is -0.392 e. The molecule has 2 aromatic carbocycles. The Morgan fingerprint density at radius 3 is 2.33 bits per heavy atom. The lowest BCUT2D eigenvalue weighted by Crippen LogP contribution is -2.17. The molecule has 2 rings (SSSR count). The van der Waals surface area contributed by atoms with Crippen molar-refractivity contribution in [3.05, 3.63) is 65.7 Å². The Kier molecular flexibility index (Phi) is 6.76. The molecular formula is C17H20O3S. The van der Waals surface area contributed by atoms with Crippen LogP contribution in [0, 0.1) is 0 Å². The summed E-state index contributed by atoms with van der Waals surface area (Å²) in [5, 5.41) is 18.9. The van der Waals surface area contributed by atoms with Gasteiger partial charge in [-0.15, -0.1) is 11.8 Å². The van der Waals surface area contributed by atoms with E-state index in [0.29, 0.717) is 19.0 Å². The third-order valence-electron chi connectivity index (χ3n) is 2.97. The van der Waals surface area contributed by atoms with Gasteiger partial charge in [0.15, 0.2) is 0 Å². The molecule has 0 saturated carbocycles. The van der Waals surface area contributed by atoms with Gasteiger partial charge in [-0.2, -0.15) is 0 Å². The van der Waals surface area contributed by atoms with E-state index in [1.165, 1.54) is 0 Å². The summed E-state index contributed by atoms with van der Waals surface area (Å²) in [6.45, 7) is 0.908. The second-order valence-electron chi connectivity index (χ2n) is 4.77. The van der Waals surface area contributed by atoms with Crippen molar-refractivity contribution in [3.8, 4) is 0 Å². The van der Waals surface area contributed by atoms with Crippen LogP contribution in [0.4, 0.5) is 0 Å². The highest BCUT2D eigenvalue weighted by atomic mass is 32.2. The number of aliphatic hydroxyl groups excluding tert-OH is 2. The number of benzene rings is 2. The summed E-state index contributed by atoms with van der Waals surface area (Å²) in [7, 11) is 0. The highest BCUT2D eigenvalue weighted by Crippen LogP contribution is 2.19. The van der Waals surface area contributed by atoms with Crippen LogP contribution in [0.3, 0.4) is 0 Å². The summed E-state index contributed by atoms with van der Waals surface area (Å²) in [5.74, 6) is 0.591. The SMILES string of the molecule is OCc1ccc(SCC(O)COCc2ccccc2)cc1. The number of ether oxygens (including phenoxy) is 1. The molecule has 0 heterocycles. The maximum atomic E-state index is 9.90. The second-order valence-corrected chi connectivity index (χ2v) is 5.86. The Bertz CT molecular complexity index is 513. The zero-order valence-electron chi connectivity index (χ0n) is 11.8. The van der Waals surface area contributed by atoms with Crippen LogP contribution in [-0.4, -0.2) is 28.7 Å². The fourth-order valence-corrected chi connectivity index (χ4v) is 2.63. The molecule has 1 unspecified atom stereocenters. The lowest BCUT2D eigenvalue weighted by molar-refractivity contribution is 0.0398. The van der Waals surface area contributed by atoms with Crippen molar-refractivity contribution in [1.82, 2.24) is 0 Å². The number of thioether (sulfide) groups is 1. The van der Waals surface area contributed by atoms with Crippen LogP contribution in [0.1, 0.15) is 11.1 Å². The molecule has 112 valence electrons. The molecule has 2 N–H and O–H groups in total. The number of rotatable bonds is 8. The fourth-order valence-electron chi connectivity index (χ4n) is 1.82. The molecule has 2 aromatic rings. The van der Waals surface area contributed by atoms with E-state index in [1.54, 1.807) is 11.8 Å². The lowest BCUT2D eigenvalue weighted by Gasteiger charge is -2.11. The van der Waals surface area contributed by atoms with Gasteiger partial charge < -0.3 is 14.9 Å². The van der Waals surface area contributed by atoms with Gasteiger partial charge in [0.25, 0.3) is 0 Å². The van der Waals surface area contributed by atoms with Crippen molar-refractivity contribution in [2.45, 2.75) is 24.2 Å². The summed E-state index contributed by atoms with van der Waals surface area (Å²) in [6.07, 6.45) is -0.490. The molecule has 0 bridgehead atoms. The van der Waals surface area contributed by atoms with E-state index in [0.717, 1.165) is 16.0 Å². The largest absolute Gasteiger partial charge is 0.392 e. The van der Waals surface area contributed by atoms with Crippen molar-refractivity contribution < 1.29 is 14.9 Å². The summed E-state index contributed by atoms with van der Waals surface area (Å²) in [5.41, 5.74) is 2.00. The summed E-state index contributed by atoms with van der Waals surface area (Å²) >= 11 is 1.58. The van der Waals surface area contributed by atoms with Gasteiger partial charge in [-0.25, -0.2) is 0 Å². The van der Waals surface area contributed by atoms with Crippen LogP contribution in [0.25, 0.3) is 0 Å². The minimum absolute atomic E-state index is 0.0564. The van der Waals surface area contributed by atoms with Gasteiger partial charge in [-0.1, -0.05) is 42.5 Å². The van der Waals surface area contributed by atoms with E-state index in [9.17, 15) is 5.11 Å². The normalized spacial score (nSPS) is 12.3. The van der Waals surface area contributed by atoms with Gasteiger partial charge in [-0.05, 0) is 23.3 Å². The van der Waals surface area contributed by atoms with Gasteiger partial charge in [0, 0.05) is 10.6 Å². The molecule has 0 aliphatic heterocycles. The van der Waals surface area contributed by atoms with E-state index >= 15 is 0 Å². The third kappa shape index (κ3) is 5.89. The smallest absolute Gasteiger partial charge is 0.0867 e. The van der Waals surface area contributed by atoms with Crippen molar-refractivity contribution in [1.29, 1.82) is 0 Å². The van der Waals surface area contributed by atoms with Gasteiger partial charge in [0.2, 0.25) is 0 Å². The molecular weight excluding hydrogens is 284 g/mol. The Morgan fingerprint density at radius 1 is 0.952 bits per heavy atom. The van der Waals surface area contributed by atoms with Gasteiger partial charge in [-0.3, -0.25) is 0 Å². The molecule has 0 aliphatic rings. The van der Waals surface area contributed by atoms with Gasteiger partial charge in [0.05, 0.1) is 25.9 Å². The molecule has 3 nitrogen and oxygen atoms in total. The quantitative estimate of drug-likeness (QED) is 0.736. The van der Waals surface area contributed by atoms with E-state index < -0.39 is 6.10 Å². The van der Waals surface area contributed by atoms with Crippen LogP contribution in [-0.2, 0) is 18.0 Å². The first kappa shape index (κ1) is 16.0. The molecule has 21 heavy (non-hydrogen) atoms. The van der Waals surface area contributed by atoms with E-state index in [-0.39, 0.29) is 6.61 Å². The average molecular weight is 304 g/mol. The van der Waals surface area contributed by atoms with Crippen molar-refractivity contribution in [2.24, 2.45) is 0 Å². The predicted octanol–water partition coefficient (Wildman–Crippen LogP) is 2.85. The molecule has 4 heteroatoms. The van der Waals surface area contributed by atoms with Crippen LogP contribution < -0.4 is 0 Å². The molecule has 0 amide bonds. The molecule has 0 radical (unpaired) electrons. The standard InChI is InChI=1S/C17H20O3S/c18-10-14-6-8-17(9-7-14)21-13-16(19)12-20-11-15-4-2-1-3-5-15/h1-9,16,18-19H,10-13H2. The predicted molar refractivity (Wildman–Crippen MR) is 85.2 cm³/mol. The van der Waals surface area contributed by atoms with Crippen molar-refractivity contribution in [2.75, 3.05) is 12.4 Å². The van der Waals surface area contributed by atoms with Crippen molar-refractivity contribution in [3.63, 3.8) is 0 Å². The maximum absolute atomic E-state index is 9.90. The topological polar surface area (TPSA) is 49.7 Å². The van der Waals surface area contributed by atoms with E-state index in [4.69, 9.17) is 9.84 Å². The first-order valence-corrected chi connectivity index (χ1v) is 7.89. The molecule has 0 saturated heterocycles. The van der Waals surface area contributed by atoms with E-state index in [1.807, 2.05) is 54.6 Å². The Labute approximate surface area is 129 Å². The Balaban J connectivity index is 1.66. The fraction of sp³-hybridized carbons (Fsp3) is 0.294. The van der Waals surface area contributed by atoms with Gasteiger partial charge in [0.1, 0.15) is 0 Å². The Morgan fingerprint density at radius 2 is 1.67 bits per heavy atom. The summed E-state index contributed by atoms with van der Waals surface area (Å²) in [4.78, 5) is 1.08. The van der Waals surface area contributed by atoms with Crippen LogP contribution in [0.2, 0.25) is 0 Å². The molecule has 1 atom stereocenters. The zero-order valence-corrected chi connectivity index (χ0v) is 12.6. The van der Waals surface area contributed by atoms with Gasteiger partial charge >= 0.3 is 0 Å². The first-order valence-electron chi connectivity index (χ1n) is 6.90. The maximum Gasteiger partial charge on any atom is 0.0867 e. The summed E-state index contributed by atoms with van der Waals surface area (Å²) in [6, 6.07) is 17.6. The van der Waals surface area contributed by atoms with Crippen molar-refractivity contribution >= 4 is 11.8 Å². The highest BCUT2D eigenvalue weighted by Gasteiger charge is 2.06. The second kappa shape index (κ2) is 8.85. The van der Waals surface area contributed by atoms with E-state index in [2.05, 4.69) is 0 Å². The highest BCUT2D eigenvalue weighted by molar-refractivity contribution is 7.99. The molecule has 0 fully saturated rings. The number of hydrogen-bond donors (Lipinski definition) is 2. The zero-order chi connectivity index (χ0) is 14.9. The Hall–Kier alpha value is -1.33. The third-order valence-corrected chi connectivity index (χ3v) is 4.13. The van der Waals surface area contributed by atoms with Crippen LogP contribution >= 0.6 is 11.8 Å². The average Bonchev–Trinajstić information content (AvgIpc) is 2.54. The minimum atomic E-state index is -0.490. The van der Waals surface area contributed by atoms with Crippen LogP contribution in [0.5, 0.6) is 0 Å². The monoisotopic (exact) mass is 304 g/mol. The molecule has 0 aliphatic carbocycles. The number of aliphatic hydroxyl groups is 2. The van der Waals surface area contributed by atoms with Crippen LogP contribution in [0.15, 0.2) is 59.5 Å². The number of hydrogen-bond acceptors (Lipinski definition) is 4. The molecule has 0 spiro atoms.